The summed E-state index contributed by atoms with van der Waals surface area (Å²) in [6.07, 6.45) is 6.25. The van der Waals surface area contributed by atoms with E-state index in [4.69, 9.17) is 16.3 Å². The number of halogens is 2. The molecular formula is C11H11BrFNO3S. The molecule has 0 atom stereocenters. The molecule has 98 valence electrons. The van der Waals surface area contributed by atoms with Gasteiger partial charge < -0.3 is 4.74 Å². The molecule has 0 aliphatic heterocycles. The number of benzene rings is 1. The molecule has 0 fully saturated rings. The highest BCUT2D eigenvalue weighted by Crippen LogP contribution is 2.30. The highest BCUT2D eigenvalue weighted by molar-refractivity contribution is 9.10. The molecule has 0 saturated carbocycles. The van der Waals surface area contributed by atoms with Crippen LogP contribution in [0.15, 0.2) is 21.5 Å². The van der Waals surface area contributed by atoms with Gasteiger partial charge in [-0.3, -0.25) is 0 Å². The Morgan fingerprint density at radius 2 is 2.17 bits per heavy atom. The third-order valence-corrected chi connectivity index (χ3v) is 3.56. The molecule has 0 bridgehead atoms. The van der Waals surface area contributed by atoms with Crippen LogP contribution in [-0.4, -0.2) is 15.0 Å². The van der Waals surface area contributed by atoms with Gasteiger partial charge in [-0.15, -0.1) is 12.3 Å². The van der Waals surface area contributed by atoms with Crippen LogP contribution in [0, 0.1) is 18.2 Å². The topological polar surface area (TPSA) is 69.4 Å². The van der Waals surface area contributed by atoms with Crippen LogP contribution >= 0.6 is 15.9 Å². The lowest BCUT2D eigenvalue weighted by Gasteiger charge is -2.09. The molecule has 18 heavy (non-hydrogen) atoms. The van der Waals surface area contributed by atoms with E-state index in [0.29, 0.717) is 23.9 Å². The molecule has 2 N–H and O–H groups in total. The number of terminal acetylenes is 1. The van der Waals surface area contributed by atoms with Crippen molar-refractivity contribution < 1.29 is 17.5 Å². The van der Waals surface area contributed by atoms with Crippen molar-refractivity contribution in [2.75, 3.05) is 6.61 Å². The van der Waals surface area contributed by atoms with Gasteiger partial charge in [0.1, 0.15) is 16.5 Å². The first-order chi connectivity index (χ1) is 8.36. The number of rotatable bonds is 5. The van der Waals surface area contributed by atoms with Gasteiger partial charge in [-0.25, -0.2) is 17.9 Å². The van der Waals surface area contributed by atoms with E-state index in [-0.39, 0.29) is 5.75 Å². The Bertz CT molecular complexity index is 581. The number of hydrogen-bond acceptors (Lipinski definition) is 3. The normalized spacial score (nSPS) is 11.0. The van der Waals surface area contributed by atoms with Crippen molar-refractivity contribution >= 4 is 26.0 Å². The molecular weight excluding hydrogens is 325 g/mol. The quantitative estimate of drug-likeness (QED) is 0.661. The van der Waals surface area contributed by atoms with Crippen LogP contribution in [0.2, 0.25) is 0 Å². The fourth-order valence-corrected chi connectivity index (χ4v) is 2.42. The van der Waals surface area contributed by atoms with Crippen LogP contribution in [0.5, 0.6) is 5.75 Å². The summed E-state index contributed by atoms with van der Waals surface area (Å²) in [7, 11) is -4.09. The molecule has 0 aliphatic rings. The maximum Gasteiger partial charge on any atom is 0.241 e. The minimum absolute atomic E-state index is 0.205. The summed E-state index contributed by atoms with van der Waals surface area (Å²) in [6.45, 7) is 0.316. The van der Waals surface area contributed by atoms with Gasteiger partial charge in [-0.2, -0.15) is 0 Å². The van der Waals surface area contributed by atoms with E-state index in [2.05, 4.69) is 21.9 Å². The second kappa shape index (κ2) is 6.18. The maximum atomic E-state index is 13.5. The Hall–Kier alpha value is -1.10. The number of hydrogen-bond donors (Lipinski definition) is 1. The highest BCUT2D eigenvalue weighted by atomic mass is 79.9. The lowest BCUT2D eigenvalue weighted by atomic mass is 10.3. The van der Waals surface area contributed by atoms with Crippen LogP contribution in [0.4, 0.5) is 4.39 Å². The highest BCUT2D eigenvalue weighted by Gasteiger charge is 2.17. The summed E-state index contributed by atoms with van der Waals surface area (Å²) >= 11 is 3.09. The predicted octanol–water partition coefficient (Wildman–Crippen LogP) is 2.03. The fraction of sp³-hybridized carbons (Fsp3) is 0.273. The number of nitrogens with two attached hydrogens (primary N) is 1. The van der Waals surface area contributed by atoms with Gasteiger partial charge in [0, 0.05) is 12.5 Å². The summed E-state index contributed by atoms with van der Waals surface area (Å²) in [4.78, 5) is -0.578. The number of ether oxygens (including phenoxy) is 1. The van der Waals surface area contributed by atoms with E-state index < -0.39 is 20.7 Å². The molecule has 1 aromatic carbocycles. The molecule has 0 saturated heterocycles. The zero-order valence-electron chi connectivity index (χ0n) is 9.32. The molecule has 0 spiro atoms. The largest absolute Gasteiger partial charge is 0.492 e. The molecule has 0 unspecified atom stereocenters. The van der Waals surface area contributed by atoms with Crippen LogP contribution in [-0.2, 0) is 10.0 Å². The van der Waals surface area contributed by atoms with Gasteiger partial charge >= 0.3 is 0 Å². The zero-order chi connectivity index (χ0) is 13.8. The summed E-state index contributed by atoms with van der Waals surface area (Å²) in [6, 6.07) is 2.04. The van der Waals surface area contributed by atoms with E-state index in [1.165, 1.54) is 0 Å². The first-order valence-corrected chi connectivity index (χ1v) is 7.28. The number of primary sulfonamides is 1. The maximum absolute atomic E-state index is 13.5. The molecule has 7 heteroatoms. The van der Waals surface area contributed by atoms with Gasteiger partial charge in [0.15, 0.2) is 0 Å². The Morgan fingerprint density at radius 1 is 1.50 bits per heavy atom. The van der Waals surface area contributed by atoms with E-state index in [1.54, 1.807) is 0 Å². The van der Waals surface area contributed by atoms with Gasteiger partial charge in [-0.1, -0.05) is 0 Å². The van der Waals surface area contributed by atoms with Crippen LogP contribution in [0.25, 0.3) is 0 Å². The second-order valence-electron chi connectivity index (χ2n) is 3.41. The molecule has 0 radical (unpaired) electrons. The lowest BCUT2D eigenvalue weighted by molar-refractivity contribution is 0.309. The first kappa shape index (κ1) is 15.0. The Labute approximate surface area is 114 Å². The molecule has 0 heterocycles. The van der Waals surface area contributed by atoms with Crippen molar-refractivity contribution in [3.63, 3.8) is 0 Å². The first-order valence-electron chi connectivity index (χ1n) is 4.94. The molecule has 4 nitrogen and oxygen atoms in total. The van der Waals surface area contributed by atoms with Crippen LogP contribution in [0.3, 0.4) is 0 Å². The lowest BCUT2D eigenvalue weighted by Crippen LogP contribution is -2.14. The molecule has 0 aliphatic carbocycles. The molecule has 0 aromatic heterocycles. The Balaban J connectivity index is 2.91. The summed E-state index contributed by atoms with van der Waals surface area (Å²) in [5.41, 5.74) is 0. The van der Waals surface area contributed by atoms with E-state index >= 15 is 0 Å². The van der Waals surface area contributed by atoms with E-state index in [0.717, 1.165) is 12.1 Å². The van der Waals surface area contributed by atoms with Crippen LogP contribution in [0.1, 0.15) is 12.8 Å². The van der Waals surface area contributed by atoms with Gasteiger partial charge in [0.2, 0.25) is 10.0 Å². The predicted molar refractivity (Wildman–Crippen MR) is 69.0 cm³/mol. The number of sulfonamides is 1. The van der Waals surface area contributed by atoms with Crippen LogP contribution < -0.4 is 9.88 Å². The average molecular weight is 336 g/mol. The van der Waals surface area contributed by atoms with Gasteiger partial charge in [0.05, 0.1) is 11.1 Å². The van der Waals surface area contributed by atoms with E-state index in [1.807, 2.05) is 0 Å². The van der Waals surface area contributed by atoms with Crippen molar-refractivity contribution in [1.29, 1.82) is 0 Å². The SMILES string of the molecule is C#CCCCOc1cc(F)c(S(N)(=O)=O)cc1Br. The number of unbranched alkanes of at least 4 members (excludes halogenated alkanes) is 1. The summed E-state index contributed by atoms with van der Waals surface area (Å²) in [5, 5.41) is 4.86. The molecule has 0 amide bonds. The smallest absolute Gasteiger partial charge is 0.241 e. The standard InChI is InChI=1S/C11H11BrFNO3S/c1-2-3-4-5-17-10-7-9(13)11(6-8(10)12)18(14,15)16/h1,6-7H,3-5H2,(H2,14,15,16). The van der Waals surface area contributed by atoms with Crippen molar-refractivity contribution in [3.8, 4) is 18.1 Å². The van der Waals surface area contributed by atoms with Crippen molar-refractivity contribution in [1.82, 2.24) is 0 Å². The monoisotopic (exact) mass is 335 g/mol. The van der Waals surface area contributed by atoms with Gasteiger partial charge in [-0.05, 0) is 28.4 Å². The third-order valence-electron chi connectivity index (χ3n) is 2.02. The minimum atomic E-state index is -4.09. The van der Waals surface area contributed by atoms with Crippen molar-refractivity contribution in [2.24, 2.45) is 5.14 Å². The van der Waals surface area contributed by atoms with Crippen molar-refractivity contribution in [2.45, 2.75) is 17.7 Å². The zero-order valence-corrected chi connectivity index (χ0v) is 11.7. The Kier molecular flexibility index (Phi) is 5.14. The second-order valence-corrected chi connectivity index (χ2v) is 5.80. The Morgan fingerprint density at radius 3 is 2.72 bits per heavy atom. The third kappa shape index (κ3) is 3.98. The molecule has 1 rings (SSSR count). The fourth-order valence-electron chi connectivity index (χ4n) is 1.20. The van der Waals surface area contributed by atoms with E-state index in [9.17, 15) is 12.8 Å². The summed E-state index contributed by atoms with van der Waals surface area (Å²) in [5.74, 6) is 1.70. The molecule has 1 aromatic rings. The summed E-state index contributed by atoms with van der Waals surface area (Å²) < 4.78 is 41.2. The van der Waals surface area contributed by atoms with Crippen molar-refractivity contribution in [3.05, 3.63) is 22.4 Å². The van der Waals surface area contributed by atoms with Gasteiger partial charge in [0.25, 0.3) is 0 Å². The average Bonchev–Trinajstić information content (AvgIpc) is 2.27. The minimum Gasteiger partial charge on any atom is -0.492 e.